The SMILES string of the molecule is CC(=O)O[C@@H](C)[C@H](CS(=O)(=O)c1ccc(C)cc1)C(=O)C(C)C. The van der Waals surface area contributed by atoms with Gasteiger partial charge in [-0.2, -0.15) is 0 Å². The number of benzene rings is 1. The fourth-order valence-electron chi connectivity index (χ4n) is 2.30. The number of sulfone groups is 1. The van der Waals surface area contributed by atoms with Crippen molar-refractivity contribution in [3.63, 3.8) is 0 Å². The van der Waals surface area contributed by atoms with Crippen molar-refractivity contribution in [2.45, 2.75) is 45.6 Å². The van der Waals surface area contributed by atoms with Crippen LogP contribution in [-0.2, 0) is 24.2 Å². The van der Waals surface area contributed by atoms with Crippen LogP contribution >= 0.6 is 0 Å². The number of hydrogen-bond acceptors (Lipinski definition) is 5. The molecule has 0 spiro atoms. The molecule has 1 aromatic rings. The van der Waals surface area contributed by atoms with Crippen LogP contribution in [0.15, 0.2) is 29.2 Å². The summed E-state index contributed by atoms with van der Waals surface area (Å²) in [5, 5.41) is 0. The molecule has 6 heteroatoms. The van der Waals surface area contributed by atoms with Gasteiger partial charge in [0.25, 0.3) is 0 Å². The number of aryl methyl sites for hydroxylation is 1. The topological polar surface area (TPSA) is 77.5 Å². The summed E-state index contributed by atoms with van der Waals surface area (Å²) in [6, 6.07) is 6.47. The van der Waals surface area contributed by atoms with E-state index in [0.29, 0.717) is 0 Å². The fraction of sp³-hybridized carbons (Fsp3) is 0.529. The second kappa shape index (κ2) is 7.73. The van der Waals surface area contributed by atoms with E-state index in [4.69, 9.17) is 4.74 Å². The Labute approximate surface area is 138 Å². The molecule has 1 aromatic carbocycles. The minimum Gasteiger partial charge on any atom is -0.462 e. The number of ether oxygens (including phenoxy) is 1. The van der Waals surface area contributed by atoms with Crippen LogP contribution in [0.1, 0.15) is 33.3 Å². The van der Waals surface area contributed by atoms with Crippen LogP contribution in [0.5, 0.6) is 0 Å². The molecular formula is C17H24O5S. The molecule has 0 heterocycles. The number of rotatable bonds is 7. The van der Waals surface area contributed by atoms with E-state index in [1.54, 1.807) is 32.9 Å². The van der Waals surface area contributed by atoms with Crippen molar-refractivity contribution in [1.29, 1.82) is 0 Å². The number of hydrogen-bond donors (Lipinski definition) is 0. The second-order valence-corrected chi connectivity index (χ2v) is 8.11. The molecule has 0 unspecified atom stereocenters. The molecule has 0 aliphatic carbocycles. The van der Waals surface area contributed by atoms with E-state index < -0.39 is 27.8 Å². The Hall–Kier alpha value is -1.69. The minimum absolute atomic E-state index is 0.166. The highest BCUT2D eigenvalue weighted by molar-refractivity contribution is 7.91. The molecule has 1 rings (SSSR count). The summed E-state index contributed by atoms with van der Waals surface area (Å²) < 4.78 is 30.2. The standard InChI is InChI=1S/C17H24O5S/c1-11(2)17(19)16(13(4)22-14(5)18)10-23(20,21)15-8-6-12(3)7-9-15/h6-9,11,13,16H,10H2,1-5H3/t13-,16-/m0/s1. The van der Waals surface area contributed by atoms with Crippen LogP contribution in [0.2, 0.25) is 0 Å². The maximum Gasteiger partial charge on any atom is 0.302 e. The van der Waals surface area contributed by atoms with Gasteiger partial charge in [0.1, 0.15) is 11.9 Å². The molecule has 128 valence electrons. The van der Waals surface area contributed by atoms with Gasteiger partial charge >= 0.3 is 5.97 Å². The number of carbonyl (C=O) groups is 2. The molecule has 0 aliphatic rings. The van der Waals surface area contributed by atoms with Gasteiger partial charge in [-0.1, -0.05) is 31.5 Å². The van der Waals surface area contributed by atoms with Crippen molar-refractivity contribution in [1.82, 2.24) is 0 Å². The highest BCUT2D eigenvalue weighted by Crippen LogP contribution is 2.21. The Bertz CT molecular complexity index is 659. The van der Waals surface area contributed by atoms with E-state index >= 15 is 0 Å². The molecule has 23 heavy (non-hydrogen) atoms. The lowest BCUT2D eigenvalue weighted by atomic mass is 9.93. The largest absolute Gasteiger partial charge is 0.462 e. The highest BCUT2D eigenvalue weighted by atomic mass is 32.2. The van der Waals surface area contributed by atoms with Crippen LogP contribution in [0.3, 0.4) is 0 Å². The highest BCUT2D eigenvalue weighted by Gasteiger charge is 2.34. The van der Waals surface area contributed by atoms with Crippen molar-refractivity contribution in [3.8, 4) is 0 Å². The van der Waals surface area contributed by atoms with Crippen LogP contribution in [-0.4, -0.2) is 32.0 Å². The number of ketones is 1. The molecule has 0 saturated carbocycles. The van der Waals surface area contributed by atoms with Crippen molar-refractivity contribution in [3.05, 3.63) is 29.8 Å². The number of esters is 1. The second-order valence-electron chi connectivity index (χ2n) is 6.07. The third-order valence-corrected chi connectivity index (χ3v) is 5.42. The summed E-state index contributed by atoms with van der Waals surface area (Å²) in [6.45, 7) is 8.06. The lowest BCUT2D eigenvalue weighted by Crippen LogP contribution is -2.37. The molecule has 0 amide bonds. The molecule has 2 atom stereocenters. The van der Waals surface area contributed by atoms with Crippen molar-refractivity contribution in [2.75, 3.05) is 5.75 Å². The fourth-order valence-corrected chi connectivity index (χ4v) is 3.95. The average molecular weight is 340 g/mol. The van der Waals surface area contributed by atoms with Crippen LogP contribution in [0.4, 0.5) is 0 Å². The molecule has 0 N–H and O–H groups in total. The van der Waals surface area contributed by atoms with E-state index in [1.165, 1.54) is 19.1 Å². The van der Waals surface area contributed by atoms with Crippen LogP contribution in [0.25, 0.3) is 0 Å². The third kappa shape index (κ3) is 5.46. The van der Waals surface area contributed by atoms with E-state index in [1.807, 2.05) is 6.92 Å². The van der Waals surface area contributed by atoms with E-state index in [0.717, 1.165) is 5.56 Å². The van der Waals surface area contributed by atoms with Gasteiger partial charge in [-0.05, 0) is 26.0 Å². The summed E-state index contributed by atoms with van der Waals surface area (Å²) in [6.07, 6.45) is -0.789. The number of carbonyl (C=O) groups excluding carboxylic acids is 2. The van der Waals surface area contributed by atoms with E-state index in [2.05, 4.69) is 0 Å². The average Bonchev–Trinajstić information content (AvgIpc) is 2.43. The Balaban J connectivity index is 3.10. The summed E-state index contributed by atoms with van der Waals surface area (Å²) in [4.78, 5) is 23.7. The normalized spacial score (nSPS) is 14.3. The Morgan fingerprint density at radius 3 is 2.04 bits per heavy atom. The lowest BCUT2D eigenvalue weighted by Gasteiger charge is -2.24. The number of Topliss-reactive ketones (excluding diaryl/α,β-unsaturated/α-hetero) is 1. The first-order chi connectivity index (χ1) is 10.5. The van der Waals surface area contributed by atoms with Gasteiger partial charge in [0, 0.05) is 12.8 Å². The quantitative estimate of drug-likeness (QED) is 0.713. The summed E-state index contributed by atoms with van der Waals surface area (Å²) in [7, 11) is -3.65. The maximum absolute atomic E-state index is 12.6. The smallest absolute Gasteiger partial charge is 0.302 e. The zero-order chi connectivity index (χ0) is 17.8. The molecule has 0 bridgehead atoms. The van der Waals surface area contributed by atoms with E-state index in [9.17, 15) is 18.0 Å². The molecular weight excluding hydrogens is 316 g/mol. The lowest BCUT2D eigenvalue weighted by molar-refractivity contribution is -0.149. The first-order valence-corrected chi connectivity index (χ1v) is 9.20. The summed E-state index contributed by atoms with van der Waals surface area (Å²) in [5.41, 5.74) is 0.951. The van der Waals surface area contributed by atoms with Crippen molar-refractivity contribution in [2.24, 2.45) is 11.8 Å². The molecule has 0 radical (unpaired) electrons. The maximum atomic E-state index is 12.6. The van der Waals surface area contributed by atoms with Gasteiger partial charge in [-0.25, -0.2) is 8.42 Å². The molecule has 0 aromatic heterocycles. The molecule has 0 aliphatic heterocycles. The van der Waals surface area contributed by atoms with Crippen molar-refractivity contribution < 1.29 is 22.7 Å². The van der Waals surface area contributed by atoms with E-state index in [-0.39, 0.29) is 22.3 Å². The zero-order valence-corrected chi connectivity index (χ0v) is 15.0. The predicted octanol–water partition coefficient (Wildman–Crippen LogP) is 2.56. The van der Waals surface area contributed by atoms with Gasteiger partial charge in [-0.3, -0.25) is 9.59 Å². The van der Waals surface area contributed by atoms with Gasteiger partial charge in [0.15, 0.2) is 9.84 Å². The zero-order valence-electron chi connectivity index (χ0n) is 14.2. The van der Waals surface area contributed by atoms with Crippen LogP contribution in [0, 0.1) is 18.8 Å². The van der Waals surface area contributed by atoms with Gasteiger partial charge in [0.05, 0.1) is 16.6 Å². The Morgan fingerprint density at radius 1 is 1.09 bits per heavy atom. The van der Waals surface area contributed by atoms with Gasteiger partial charge < -0.3 is 4.74 Å². The first-order valence-electron chi connectivity index (χ1n) is 7.55. The monoisotopic (exact) mass is 340 g/mol. The molecule has 0 fully saturated rings. The van der Waals surface area contributed by atoms with Crippen LogP contribution < -0.4 is 0 Å². The van der Waals surface area contributed by atoms with Crippen molar-refractivity contribution >= 4 is 21.6 Å². The first kappa shape index (κ1) is 19.4. The molecule has 0 saturated heterocycles. The minimum atomic E-state index is -3.65. The Morgan fingerprint density at radius 2 is 1.61 bits per heavy atom. The van der Waals surface area contributed by atoms with Gasteiger partial charge in [0.2, 0.25) is 0 Å². The third-order valence-electron chi connectivity index (χ3n) is 3.63. The van der Waals surface area contributed by atoms with Gasteiger partial charge in [-0.15, -0.1) is 0 Å². The Kier molecular flexibility index (Phi) is 6.50. The summed E-state index contributed by atoms with van der Waals surface area (Å²) >= 11 is 0. The predicted molar refractivity (Wildman–Crippen MR) is 87.8 cm³/mol. The molecule has 5 nitrogen and oxygen atoms in total. The summed E-state index contributed by atoms with van der Waals surface area (Å²) in [5.74, 6) is -2.36.